The summed E-state index contributed by atoms with van der Waals surface area (Å²) in [4.78, 5) is 28.0. The van der Waals surface area contributed by atoms with Crippen LogP contribution in [-0.4, -0.2) is 40.9 Å². The molecule has 0 bridgehead atoms. The van der Waals surface area contributed by atoms with Gasteiger partial charge in [-0.1, -0.05) is 19.4 Å². The molecule has 1 aliphatic rings. The molecular formula is C16H28N2O2. The molecule has 0 spiro atoms. The molecule has 1 aliphatic heterocycles. The zero-order valence-corrected chi connectivity index (χ0v) is 13.3. The number of carbonyl (C=O) groups excluding carboxylic acids is 2. The first kappa shape index (κ1) is 16.7. The molecular weight excluding hydrogens is 252 g/mol. The Balaban J connectivity index is 2.78. The van der Waals surface area contributed by atoms with Crippen molar-refractivity contribution in [1.29, 1.82) is 0 Å². The van der Waals surface area contributed by atoms with Crippen LogP contribution in [0.3, 0.4) is 0 Å². The van der Waals surface area contributed by atoms with E-state index in [0.717, 1.165) is 32.1 Å². The summed E-state index contributed by atoms with van der Waals surface area (Å²) in [6, 6.07) is -0.111. The Hall–Kier alpha value is -1.32. The van der Waals surface area contributed by atoms with Crippen LogP contribution in [0.1, 0.15) is 52.9 Å². The molecule has 0 aromatic rings. The summed E-state index contributed by atoms with van der Waals surface area (Å²) >= 11 is 0. The first-order chi connectivity index (χ1) is 9.45. The lowest BCUT2D eigenvalue weighted by molar-refractivity contribution is -0.133. The van der Waals surface area contributed by atoms with Gasteiger partial charge in [0, 0.05) is 13.0 Å². The second-order valence-electron chi connectivity index (χ2n) is 5.79. The lowest BCUT2D eigenvalue weighted by Gasteiger charge is -2.24. The average Bonchev–Trinajstić information content (AvgIpc) is 2.62. The minimum atomic E-state index is -0.153. The van der Waals surface area contributed by atoms with E-state index in [1.807, 2.05) is 19.9 Å². The Labute approximate surface area is 122 Å². The maximum absolute atomic E-state index is 12.7. The quantitative estimate of drug-likeness (QED) is 0.529. The Kier molecular flexibility index (Phi) is 6.24. The predicted octanol–water partition coefficient (Wildman–Crippen LogP) is 3.43. The van der Waals surface area contributed by atoms with Gasteiger partial charge in [-0.05, 0) is 39.5 Å². The number of nitrogens with zero attached hydrogens (tertiary/aromatic N) is 2. The normalized spacial score (nSPS) is 24.1. The van der Waals surface area contributed by atoms with Gasteiger partial charge < -0.3 is 4.90 Å². The van der Waals surface area contributed by atoms with Crippen LogP contribution in [0.4, 0.5) is 4.79 Å². The van der Waals surface area contributed by atoms with Gasteiger partial charge >= 0.3 is 6.03 Å². The fourth-order valence-electron chi connectivity index (χ4n) is 2.80. The van der Waals surface area contributed by atoms with Crippen molar-refractivity contribution in [3.8, 4) is 0 Å². The topological polar surface area (TPSA) is 40.6 Å². The van der Waals surface area contributed by atoms with Crippen LogP contribution >= 0.6 is 0 Å². The SMILES string of the molecule is C=CCCC[C@H](CCC)C(=O)N1C(=O)N(C)[C@@H](C)[C@H]1C. The second-order valence-corrected chi connectivity index (χ2v) is 5.79. The Morgan fingerprint density at radius 1 is 1.35 bits per heavy atom. The van der Waals surface area contributed by atoms with Crippen molar-refractivity contribution >= 4 is 11.9 Å². The van der Waals surface area contributed by atoms with Crippen LogP contribution in [0, 0.1) is 5.92 Å². The van der Waals surface area contributed by atoms with E-state index in [4.69, 9.17) is 0 Å². The average molecular weight is 280 g/mol. The number of allylic oxidation sites excluding steroid dienone is 1. The number of imide groups is 1. The van der Waals surface area contributed by atoms with Gasteiger partial charge in [-0.25, -0.2) is 4.79 Å². The fraction of sp³-hybridized carbons (Fsp3) is 0.750. The predicted molar refractivity (Wildman–Crippen MR) is 81.4 cm³/mol. The maximum atomic E-state index is 12.7. The van der Waals surface area contributed by atoms with Gasteiger partial charge in [-0.15, -0.1) is 6.58 Å². The summed E-state index contributed by atoms with van der Waals surface area (Å²) in [5.74, 6) is -0.0327. The van der Waals surface area contributed by atoms with Gasteiger partial charge in [-0.2, -0.15) is 0 Å². The number of carbonyl (C=O) groups is 2. The van der Waals surface area contributed by atoms with Crippen LogP contribution in [0.5, 0.6) is 0 Å². The summed E-state index contributed by atoms with van der Waals surface area (Å²) in [5.41, 5.74) is 0. The standard InChI is InChI=1S/C16H28N2O2/c1-6-8-9-11-14(10-7-2)15(19)18-13(4)12(3)17(5)16(18)20/h6,12-14H,1,7-11H2,2-5H3/t12-,13+,14-/m0/s1. The van der Waals surface area contributed by atoms with Crippen molar-refractivity contribution < 1.29 is 9.59 Å². The number of hydrogen-bond acceptors (Lipinski definition) is 2. The molecule has 0 unspecified atom stereocenters. The monoisotopic (exact) mass is 280 g/mol. The van der Waals surface area contributed by atoms with Gasteiger partial charge in [0.1, 0.15) is 0 Å². The molecule has 0 radical (unpaired) electrons. The molecule has 3 amide bonds. The van der Waals surface area contributed by atoms with Crippen LogP contribution in [-0.2, 0) is 4.79 Å². The Morgan fingerprint density at radius 3 is 2.45 bits per heavy atom. The summed E-state index contributed by atoms with van der Waals surface area (Å²) in [6.45, 7) is 9.74. The van der Waals surface area contributed by atoms with E-state index in [-0.39, 0.29) is 29.9 Å². The van der Waals surface area contributed by atoms with Gasteiger partial charge in [0.25, 0.3) is 0 Å². The molecule has 0 saturated carbocycles. The number of likely N-dealkylation sites (N-methyl/N-ethyl adjacent to an activating group) is 1. The second kappa shape index (κ2) is 7.46. The molecule has 1 heterocycles. The summed E-state index contributed by atoms with van der Waals surface area (Å²) in [5, 5.41) is 0. The highest BCUT2D eigenvalue weighted by atomic mass is 16.2. The van der Waals surface area contributed by atoms with Crippen molar-refractivity contribution in [3.63, 3.8) is 0 Å². The van der Waals surface area contributed by atoms with Gasteiger partial charge in [0.15, 0.2) is 0 Å². The van der Waals surface area contributed by atoms with E-state index in [2.05, 4.69) is 13.5 Å². The fourth-order valence-corrected chi connectivity index (χ4v) is 2.80. The number of urea groups is 1. The lowest BCUT2D eigenvalue weighted by Crippen LogP contribution is -2.42. The molecule has 1 saturated heterocycles. The third kappa shape index (κ3) is 3.41. The zero-order valence-electron chi connectivity index (χ0n) is 13.3. The molecule has 1 rings (SSSR count). The van der Waals surface area contributed by atoms with E-state index in [1.54, 1.807) is 11.9 Å². The minimum absolute atomic E-state index is 0.00427. The highest BCUT2D eigenvalue weighted by Crippen LogP contribution is 2.26. The molecule has 0 aromatic heterocycles. The van der Waals surface area contributed by atoms with Crippen LogP contribution in [0.15, 0.2) is 12.7 Å². The first-order valence-corrected chi connectivity index (χ1v) is 7.66. The smallest absolute Gasteiger partial charge is 0.323 e. The molecule has 4 nitrogen and oxygen atoms in total. The summed E-state index contributed by atoms with van der Waals surface area (Å²) in [7, 11) is 1.77. The molecule has 20 heavy (non-hydrogen) atoms. The third-order valence-electron chi connectivity index (χ3n) is 4.41. The Bertz CT molecular complexity index is 367. The van der Waals surface area contributed by atoms with Crippen LogP contribution < -0.4 is 0 Å². The number of rotatable bonds is 7. The van der Waals surface area contributed by atoms with Gasteiger partial charge in [-0.3, -0.25) is 9.69 Å². The highest BCUT2D eigenvalue weighted by molar-refractivity contribution is 5.97. The number of unbranched alkanes of at least 4 members (excludes halogenated alkanes) is 1. The van der Waals surface area contributed by atoms with E-state index in [9.17, 15) is 9.59 Å². The zero-order chi connectivity index (χ0) is 15.3. The first-order valence-electron chi connectivity index (χ1n) is 7.66. The minimum Gasteiger partial charge on any atom is -0.323 e. The Morgan fingerprint density at radius 2 is 2.00 bits per heavy atom. The third-order valence-corrected chi connectivity index (χ3v) is 4.41. The summed E-state index contributed by atoms with van der Waals surface area (Å²) < 4.78 is 0. The molecule has 0 aromatic carbocycles. The maximum Gasteiger partial charge on any atom is 0.327 e. The number of amides is 3. The molecule has 0 N–H and O–H groups in total. The van der Waals surface area contributed by atoms with E-state index in [0.29, 0.717) is 0 Å². The molecule has 1 fully saturated rings. The highest BCUT2D eigenvalue weighted by Gasteiger charge is 2.43. The van der Waals surface area contributed by atoms with Gasteiger partial charge in [0.05, 0.1) is 12.1 Å². The van der Waals surface area contributed by atoms with E-state index in [1.165, 1.54) is 4.90 Å². The van der Waals surface area contributed by atoms with Crippen molar-refractivity contribution in [2.24, 2.45) is 5.92 Å². The van der Waals surface area contributed by atoms with Crippen LogP contribution in [0.25, 0.3) is 0 Å². The molecule has 3 atom stereocenters. The van der Waals surface area contributed by atoms with Crippen LogP contribution in [0.2, 0.25) is 0 Å². The summed E-state index contributed by atoms with van der Waals surface area (Å²) in [6.07, 6.45) is 6.42. The van der Waals surface area contributed by atoms with Crippen molar-refractivity contribution in [2.45, 2.75) is 65.0 Å². The molecule has 0 aliphatic carbocycles. The van der Waals surface area contributed by atoms with Gasteiger partial charge in [0.2, 0.25) is 5.91 Å². The van der Waals surface area contributed by atoms with Crippen molar-refractivity contribution in [1.82, 2.24) is 9.80 Å². The number of hydrogen-bond donors (Lipinski definition) is 0. The van der Waals surface area contributed by atoms with E-state index < -0.39 is 0 Å². The molecule has 114 valence electrons. The molecule has 4 heteroatoms. The van der Waals surface area contributed by atoms with Crippen molar-refractivity contribution in [3.05, 3.63) is 12.7 Å². The lowest BCUT2D eigenvalue weighted by atomic mass is 9.95. The largest absolute Gasteiger partial charge is 0.327 e. The van der Waals surface area contributed by atoms with Crippen molar-refractivity contribution in [2.75, 3.05) is 7.05 Å². The van der Waals surface area contributed by atoms with E-state index >= 15 is 0 Å².